The molecule has 8 nitrogen and oxygen atoms in total. The summed E-state index contributed by atoms with van der Waals surface area (Å²) in [6.45, 7) is 4.35. The van der Waals surface area contributed by atoms with Gasteiger partial charge in [0.1, 0.15) is 5.41 Å². The Morgan fingerprint density at radius 2 is 0.959 bits per heavy atom. The third-order valence-electron chi connectivity index (χ3n) is 10.4. The zero-order valence-corrected chi connectivity index (χ0v) is 31.8. The number of aliphatic carboxylic acids is 2. The number of hydrogen-bond acceptors (Lipinski definition) is 6. The summed E-state index contributed by atoms with van der Waals surface area (Å²) < 4.78 is 0. The first-order valence-electron chi connectivity index (χ1n) is 20.2. The van der Waals surface area contributed by atoms with Crippen LogP contribution in [0.15, 0.2) is 12.2 Å². The summed E-state index contributed by atoms with van der Waals surface area (Å²) in [4.78, 5) is 39.4. The first-order chi connectivity index (χ1) is 23.6. The van der Waals surface area contributed by atoms with Crippen molar-refractivity contribution in [1.82, 2.24) is 0 Å². The van der Waals surface area contributed by atoms with E-state index in [2.05, 4.69) is 26.0 Å². The van der Waals surface area contributed by atoms with Crippen LogP contribution in [-0.4, -0.2) is 61.6 Å². The molecule has 49 heavy (non-hydrogen) atoms. The molecule has 0 fully saturated rings. The maximum atomic E-state index is 13.8. The van der Waals surface area contributed by atoms with Gasteiger partial charge in [-0.1, -0.05) is 167 Å². The average Bonchev–Trinajstić information content (AvgIpc) is 3.07. The van der Waals surface area contributed by atoms with Crippen molar-refractivity contribution in [2.24, 2.45) is 11.3 Å². The molecule has 5 N–H and O–H groups in total. The first kappa shape index (κ1) is 47.2. The van der Waals surface area contributed by atoms with Gasteiger partial charge in [0, 0.05) is 0 Å². The largest absolute Gasteiger partial charge is 0.481 e. The van der Waals surface area contributed by atoms with E-state index in [0.29, 0.717) is 12.8 Å². The van der Waals surface area contributed by atoms with Crippen LogP contribution >= 0.6 is 0 Å². The van der Waals surface area contributed by atoms with Gasteiger partial charge in [-0.25, -0.2) is 0 Å². The third-order valence-corrected chi connectivity index (χ3v) is 10.4. The van der Waals surface area contributed by atoms with Crippen LogP contribution in [0, 0.1) is 11.3 Å². The van der Waals surface area contributed by atoms with E-state index in [-0.39, 0.29) is 19.3 Å². The fraction of sp³-hybridized carbons (Fsp3) is 0.878. The predicted octanol–water partition coefficient (Wildman–Crippen LogP) is 9.95. The highest BCUT2D eigenvalue weighted by molar-refractivity contribution is 6.10. The van der Waals surface area contributed by atoms with Crippen LogP contribution < -0.4 is 0 Å². The predicted molar refractivity (Wildman–Crippen MR) is 200 cm³/mol. The zero-order valence-electron chi connectivity index (χ0n) is 31.8. The van der Waals surface area contributed by atoms with Gasteiger partial charge in [-0.15, -0.1) is 0 Å². The topological polar surface area (TPSA) is 152 Å². The molecule has 0 rings (SSSR count). The number of aliphatic hydroxyl groups excluding tert-OH is 2. The first-order valence-corrected chi connectivity index (χ1v) is 20.2. The Morgan fingerprint density at radius 1 is 0.592 bits per heavy atom. The minimum atomic E-state index is -2.78. The highest BCUT2D eigenvalue weighted by Crippen LogP contribution is 2.43. The second-order valence-corrected chi connectivity index (χ2v) is 14.6. The molecule has 0 aliphatic heterocycles. The maximum Gasteiger partial charge on any atom is 0.318 e. The van der Waals surface area contributed by atoms with Gasteiger partial charge in [0.25, 0.3) is 0 Å². The summed E-state index contributed by atoms with van der Waals surface area (Å²) >= 11 is 0. The van der Waals surface area contributed by atoms with Gasteiger partial charge >= 0.3 is 11.9 Å². The van der Waals surface area contributed by atoms with Gasteiger partial charge in [-0.05, 0) is 45.4 Å². The Hall–Kier alpha value is -1.77. The molecule has 0 aromatic rings. The van der Waals surface area contributed by atoms with Crippen molar-refractivity contribution in [2.75, 3.05) is 6.61 Å². The van der Waals surface area contributed by atoms with E-state index in [0.717, 1.165) is 58.3 Å². The fourth-order valence-corrected chi connectivity index (χ4v) is 7.00. The fourth-order valence-electron chi connectivity index (χ4n) is 7.00. The Balaban J connectivity index is 5.08. The number of rotatable bonds is 36. The zero-order chi connectivity index (χ0) is 36.8. The van der Waals surface area contributed by atoms with E-state index < -0.39 is 47.4 Å². The minimum absolute atomic E-state index is 0.0316. The van der Waals surface area contributed by atoms with Gasteiger partial charge in [0.15, 0.2) is 11.4 Å². The lowest BCUT2D eigenvalue weighted by Crippen LogP contribution is -2.62. The summed E-state index contributed by atoms with van der Waals surface area (Å²) in [5.74, 6) is -5.94. The molecule has 0 bridgehead atoms. The summed E-state index contributed by atoms with van der Waals surface area (Å²) in [6.07, 6.45) is 30.2. The van der Waals surface area contributed by atoms with E-state index in [1.807, 2.05) is 0 Å². The average molecular weight is 697 g/mol. The number of ketones is 1. The van der Waals surface area contributed by atoms with Crippen molar-refractivity contribution in [3.8, 4) is 0 Å². The number of unbranched alkanes of at least 4 members (excludes halogenated alkanes) is 23. The second kappa shape index (κ2) is 29.9. The van der Waals surface area contributed by atoms with Crippen LogP contribution in [-0.2, 0) is 14.4 Å². The quantitative estimate of drug-likeness (QED) is 0.0247. The molecule has 0 radical (unpaired) electrons. The summed E-state index contributed by atoms with van der Waals surface area (Å²) in [5, 5.41) is 51.9. The summed E-state index contributed by atoms with van der Waals surface area (Å²) in [6, 6.07) is 0. The van der Waals surface area contributed by atoms with E-state index >= 15 is 0 Å². The Morgan fingerprint density at radius 3 is 1.31 bits per heavy atom. The van der Waals surface area contributed by atoms with Crippen LogP contribution in [0.5, 0.6) is 0 Å². The maximum absolute atomic E-state index is 13.8. The van der Waals surface area contributed by atoms with Crippen LogP contribution in [0.2, 0.25) is 0 Å². The molecular formula is C41H76O8. The number of carboxylic acid groups (broad SMARTS) is 2. The van der Waals surface area contributed by atoms with E-state index in [1.165, 1.54) is 96.3 Å². The molecule has 0 saturated heterocycles. The molecule has 0 amide bonds. The van der Waals surface area contributed by atoms with Crippen molar-refractivity contribution in [1.29, 1.82) is 0 Å². The standard InChI is InChI=1S/C41H76O8/c1-4-6-8-10-12-14-16-18-20-22-24-26-28-30-32-36(37(44)45)40(39(47)48,38(46)41(49,34-42)35(3)43)33-31-29-27-25-23-21-19-17-15-13-11-9-7-5-2/h19,21,35-36,42-43,49H,4-18,20,22-34H2,1-3H3,(H,44,45)(H,47,48)/b21-19-. The minimum Gasteiger partial charge on any atom is -0.481 e. The lowest BCUT2D eigenvalue weighted by molar-refractivity contribution is -0.185. The molecule has 8 heteroatoms. The van der Waals surface area contributed by atoms with E-state index in [9.17, 15) is 39.9 Å². The third kappa shape index (κ3) is 19.4. The normalized spacial score (nSPS) is 15.6. The molecule has 0 aliphatic rings. The molecule has 4 unspecified atom stereocenters. The number of carbonyl (C=O) groups is 3. The number of allylic oxidation sites excluding steroid dienone is 2. The second-order valence-electron chi connectivity index (χ2n) is 14.6. The van der Waals surface area contributed by atoms with Gasteiger partial charge in [0.2, 0.25) is 0 Å². The molecule has 0 spiro atoms. The summed E-state index contributed by atoms with van der Waals surface area (Å²) in [5.41, 5.74) is -5.24. The monoisotopic (exact) mass is 697 g/mol. The van der Waals surface area contributed by atoms with Crippen LogP contribution in [0.4, 0.5) is 0 Å². The molecule has 0 aromatic carbocycles. The highest BCUT2D eigenvalue weighted by atomic mass is 16.4. The molecular weight excluding hydrogens is 620 g/mol. The van der Waals surface area contributed by atoms with Crippen LogP contribution in [0.25, 0.3) is 0 Å². The molecule has 288 valence electrons. The molecule has 4 atom stereocenters. The van der Waals surface area contributed by atoms with Crippen LogP contribution in [0.3, 0.4) is 0 Å². The van der Waals surface area contributed by atoms with Gasteiger partial charge in [0.05, 0.1) is 18.6 Å². The number of carbonyl (C=O) groups excluding carboxylic acids is 1. The van der Waals surface area contributed by atoms with Crippen LogP contribution in [0.1, 0.15) is 201 Å². The van der Waals surface area contributed by atoms with Gasteiger partial charge in [-0.2, -0.15) is 0 Å². The molecule has 0 saturated carbocycles. The lowest BCUT2D eigenvalue weighted by atomic mass is 9.62. The van der Waals surface area contributed by atoms with Crippen molar-refractivity contribution in [3.05, 3.63) is 12.2 Å². The Bertz CT molecular complexity index is 872. The summed E-state index contributed by atoms with van der Waals surface area (Å²) in [7, 11) is 0. The molecule has 0 aromatic heterocycles. The molecule has 0 aliphatic carbocycles. The lowest BCUT2D eigenvalue weighted by Gasteiger charge is -2.40. The number of Topliss-reactive ketones (excluding diaryl/α,β-unsaturated/α-hetero) is 1. The number of hydrogen-bond donors (Lipinski definition) is 5. The van der Waals surface area contributed by atoms with E-state index in [4.69, 9.17) is 0 Å². The molecule has 0 heterocycles. The van der Waals surface area contributed by atoms with Gasteiger partial charge in [-0.3, -0.25) is 14.4 Å². The Kier molecular flexibility index (Phi) is 28.8. The smallest absolute Gasteiger partial charge is 0.318 e. The Labute approximate surface area is 299 Å². The van der Waals surface area contributed by atoms with Gasteiger partial charge < -0.3 is 25.5 Å². The van der Waals surface area contributed by atoms with Crippen molar-refractivity contribution >= 4 is 17.7 Å². The van der Waals surface area contributed by atoms with Crippen molar-refractivity contribution in [3.63, 3.8) is 0 Å². The van der Waals surface area contributed by atoms with E-state index in [1.54, 1.807) is 0 Å². The number of carboxylic acids is 2. The van der Waals surface area contributed by atoms with Crippen molar-refractivity contribution in [2.45, 2.75) is 212 Å². The SMILES string of the molecule is CCCCCCCC/C=C\CCCCCCC(C(=O)O)(C(=O)C(O)(CO)C(C)O)C(CCCCCCCCCCCCCCCC)C(=O)O. The highest BCUT2D eigenvalue weighted by Gasteiger charge is 2.61. The number of aliphatic hydroxyl groups is 3. The van der Waals surface area contributed by atoms with Crippen molar-refractivity contribution < 1.29 is 39.9 Å².